The summed E-state index contributed by atoms with van der Waals surface area (Å²) in [7, 11) is 0. The van der Waals surface area contributed by atoms with Crippen LogP contribution in [-0.4, -0.2) is 22.4 Å². The molecule has 1 saturated carbocycles. The Labute approximate surface area is 124 Å². The van der Waals surface area contributed by atoms with Gasteiger partial charge in [0.1, 0.15) is 0 Å². The van der Waals surface area contributed by atoms with E-state index in [9.17, 15) is 0 Å². The first-order valence-corrected chi connectivity index (χ1v) is 8.28. The molecule has 1 aromatic heterocycles. The quantitative estimate of drug-likeness (QED) is 0.853. The van der Waals surface area contributed by atoms with E-state index in [4.69, 9.17) is 5.10 Å². The van der Waals surface area contributed by atoms with Crippen LogP contribution in [-0.2, 0) is 6.42 Å². The smallest absolute Gasteiger partial charge is 0.0630 e. The third-order valence-electron chi connectivity index (χ3n) is 4.55. The van der Waals surface area contributed by atoms with Crippen molar-refractivity contribution in [2.45, 2.75) is 78.3 Å². The molecule has 2 rings (SSSR count). The van der Waals surface area contributed by atoms with Crippen molar-refractivity contribution in [2.24, 2.45) is 5.41 Å². The van der Waals surface area contributed by atoms with Crippen LogP contribution in [0.3, 0.4) is 0 Å². The van der Waals surface area contributed by atoms with Crippen molar-refractivity contribution in [1.29, 1.82) is 0 Å². The van der Waals surface area contributed by atoms with Crippen molar-refractivity contribution in [2.75, 3.05) is 6.54 Å². The molecule has 3 nitrogen and oxygen atoms in total. The van der Waals surface area contributed by atoms with Crippen LogP contribution >= 0.6 is 0 Å². The van der Waals surface area contributed by atoms with Gasteiger partial charge >= 0.3 is 0 Å². The lowest BCUT2D eigenvalue weighted by molar-refractivity contribution is 0.174. The zero-order valence-electron chi connectivity index (χ0n) is 13.7. The van der Waals surface area contributed by atoms with Gasteiger partial charge in [0, 0.05) is 24.8 Å². The second kappa shape index (κ2) is 6.75. The van der Waals surface area contributed by atoms with E-state index >= 15 is 0 Å². The van der Waals surface area contributed by atoms with E-state index in [1.807, 2.05) is 0 Å². The first-order valence-electron chi connectivity index (χ1n) is 8.28. The summed E-state index contributed by atoms with van der Waals surface area (Å²) >= 11 is 0. The minimum Gasteiger partial charge on any atom is -0.314 e. The van der Waals surface area contributed by atoms with E-state index in [0.29, 0.717) is 17.5 Å². The molecule has 1 aliphatic rings. The summed E-state index contributed by atoms with van der Waals surface area (Å²) in [6.07, 6.45) is 10.1. The van der Waals surface area contributed by atoms with Gasteiger partial charge in [-0.25, -0.2) is 0 Å². The van der Waals surface area contributed by atoms with Crippen LogP contribution in [0.15, 0.2) is 12.3 Å². The van der Waals surface area contributed by atoms with Crippen LogP contribution in [0.2, 0.25) is 0 Å². The van der Waals surface area contributed by atoms with Crippen LogP contribution in [0.25, 0.3) is 0 Å². The van der Waals surface area contributed by atoms with Crippen molar-refractivity contribution in [3.05, 3.63) is 18.0 Å². The molecule has 0 atom stereocenters. The molecule has 20 heavy (non-hydrogen) atoms. The summed E-state index contributed by atoms with van der Waals surface area (Å²) in [5.41, 5.74) is 1.70. The molecule has 3 heteroatoms. The predicted molar refractivity (Wildman–Crippen MR) is 85.0 cm³/mol. The van der Waals surface area contributed by atoms with Gasteiger partial charge in [-0.3, -0.25) is 4.68 Å². The van der Waals surface area contributed by atoms with Crippen LogP contribution in [0, 0.1) is 5.41 Å². The number of hydrogen-bond donors (Lipinski definition) is 1. The summed E-state index contributed by atoms with van der Waals surface area (Å²) in [6.45, 7) is 9.99. The highest BCUT2D eigenvalue weighted by molar-refractivity contribution is 5.05. The van der Waals surface area contributed by atoms with Crippen LogP contribution < -0.4 is 5.32 Å². The molecule has 0 bridgehead atoms. The second-order valence-electron chi connectivity index (χ2n) is 7.15. The van der Waals surface area contributed by atoms with Gasteiger partial charge in [0.05, 0.1) is 5.69 Å². The van der Waals surface area contributed by atoms with E-state index < -0.39 is 0 Å². The van der Waals surface area contributed by atoms with Gasteiger partial charge in [-0.15, -0.1) is 0 Å². The van der Waals surface area contributed by atoms with Gasteiger partial charge in [0.2, 0.25) is 0 Å². The Morgan fingerprint density at radius 3 is 2.45 bits per heavy atom. The zero-order valence-corrected chi connectivity index (χ0v) is 13.7. The third kappa shape index (κ3) is 4.08. The normalized spacial score (nSPS) is 18.9. The maximum absolute atomic E-state index is 4.76. The number of aromatic nitrogens is 2. The fourth-order valence-electron chi connectivity index (χ4n) is 3.28. The molecule has 0 aliphatic heterocycles. The Balaban J connectivity index is 2.05. The molecule has 1 N–H and O–H groups in total. The van der Waals surface area contributed by atoms with E-state index in [-0.39, 0.29) is 0 Å². The van der Waals surface area contributed by atoms with Crippen molar-refractivity contribution in [3.63, 3.8) is 0 Å². The minimum absolute atomic E-state index is 0.429. The molecule has 0 saturated heterocycles. The predicted octanol–water partition coefficient (Wildman–Crippen LogP) is 3.96. The summed E-state index contributed by atoms with van der Waals surface area (Å²) < 4.78 is 2.09. The molecule has 1 heterocycles. The maximum Gasteiger partial charge on any atom is 0.0630 e. The molecular weight excluding hydrogens is 246 g/mol. The average Bonchev–Trinajstić information content (AvgIpc) is 2.86. The number of nitrogens with zero attached hydrogens (tertiary/aromatic N) is 2. The molecule has 114 valence electrons. The van der Waals surface area contributed by atoms with Gasteiger partial charge < -0.3 is 5.32 Å². The van der Waals surface area contributed by atoms with Crippen molar-refractivity contribution in [1.82, 2.24) is 15.1 Å². The highest BCUT2D eigenvalue weighted by Gasteiger charge is 2.32. The van der Waals surface area contributed by atoms with Crippen molar-refractivity contribution in [3.8, 4) is 0 Å². The Hall–Kier alpha value is -0.830. The first-order chi connectivity index (χ1) is 9.51. The third-order valence-corrected chi connectivity index (χ3v) is 4.55. The first kappa shape index (κ1) is 15.6. The lowest BCUT2D eigenvalue weighted by Crippen LogP contribution is -2.40. The summed E-state index contributed by atoms with van der Waals surface area (Å²) in [5.74, 6) is 0. The molecule has 1 aliphatic carbocycles. The van der Waals surface area contributed by atoms with E-state index in [1.165, 1.54) is 37.8 Å². The highest BCUT2D eigenvalue weighted by Crippen LogP contribution is 2.38. The molecule has 0 aromatic carbocycles. The Morgan fingerprint density at radius 2 is 1.90 bits per heavy atom. The fraction of sp³-hybridized carbons (Fsp3) is 0.824. The van der Waals surface area contributed by atoms with Gasteiger partial charge in [-0.1, -0.05) is 33.1 Å². The minimum atomic E-state index is 0.429. The lowest BCUT2D eigenvalue weighted by atomic mass is 9.71. The molecule has 0 spiro atoms. The Morgan fingerprint density at radius 1 is 1.20 bits per heavy atom. The van der Waals surface area contributed by atoms with Gasteiger partial charge in [0.15, 0.2) is 0 Å². The number of hydrogen-bond acceptors (Lipinski definition) is 2. The topological polar surface area (TPSA) is 29.9 Å². The van der Waals surface area contributed by atoms with Gasteiger partial charge in [-0.2, -0.15) is 5.10 Å². The monoisotopic (exact) mass is 277 g/mol. The number of rotatable bonds is 6. The van der Waals surface area contributed by atoms with E-state index in [2.05, 4.69) is 50.0 Å². The zero-order chi connectivity index (χ0) is 14.6. The molecular formula is C17H31N3. The Bertz CT molecular complexity index is 400. The average molecular weight is 277 g/mol. The van der Waals surface area contributed by atoms with Gasteiger partial charge in [-0.05, 0) is 44.6 Å². The molecule has 0 amide bonds. The van der Waals surface area contributed by atoms with Crippen LogP contribution in [0.1, 0.15) is 71.5 Å². The van der Waals surface area contributed by atoms with Gasteiger partial charge in [0.25, 0.3) is 0 Å². The standard InChI is InChI=1S/C17H31N3/c1-14(2)18-13-17(9-6-5-7-10-17)12-16-8-11-20(19-16)15(3)4/h8,11,14-15,18H,5-7,9-10,12-13H2,1-4H3. The molecule has 0 radical (unpaired) electrons. The Kier molecular flexibility index (Phi) is 5.25. The largest absolute Gasteiger partial charge is 0.314 e. The maximum atomic E-state index is 4.76. The highest BCUT2D eigenvalue weighted by atomic mass is 15.3. The summed E-state index contributed by atoms with van der Waals surface area (Å²) in [4.78, 5) is 0. The van der Waals surface area contributed by atoms with E-state index in [0.717, 1.165) is 13.0 Å². The van der Waals surface area contributed by atoms with Crippen LogP contribution in [0.5, 0.6) is 0 Å². The summed E-state index contributed by atoms with van der Waals surface area (Å²) in [6, 6.07) is 3.24. The fourth-order valence-corrected chi connectivity index (χ4v) is 3.28. The second-order valence-corrected chi connectivity index (χ2v) is 7.15. The molecule has 0 unspecified atom stereocenters. The van der Waals surface area contributed by atoms with Crippen LogP contribution in [0.4, 0.5) is 0 Å². The van der Waals surface area contributed by atoms with Crippen molar-refractivity contribution < 1.29 is 0 Å². The SMILES string of the molecule is CC(C)NCC1(Cc2ccn(C(C)C)n2)CCCCC1. The molecule has 1 aromatic rings. The molecule has 1 fully saturated rings. The summed E-state index contributed by atoms with van der Waals surface area (Å²) in [5, 5.41) is 8.44. The number of nitrogens with one attached hydrogen (secondary N) is 1. The lowest BCUT2D eigenvalue weighted by Gasteiger charge is -2.38. The van der Waals surface area contributed by atoms with E-state index in [1.54, 1.807) is 0 Å². The van der Waals surface area contributed by atoms with Crippen molar-refractivity contribution >= 4 is 0 Å².